The highest BCUT2D eigenvalue weighted by molar-refractivity contribution is 5.94. The summed E-state index contributed by atoms with van der Waals surface area (Å²) in [6.45, 7) is 9.42. The third-order valence-electron chi connectivity index (χ3n) is 3.01. The van der Waals surface area contributed by atoms with Gasteiger partial charge in [-0.3, -0.25) is 4.90 Å². The van der Waals surface area contributed by atoms with E-state index in [2.05, 4.69) is 20.3 Å². The van der Waals surface area contributed by atoms with E-state index in [0.717, 1.165) is 5.39 Å². The summed E-state index contributed by atoms with van der Waals surface area (Å²) in [6, 6.07) is 1.86. The lowest BCUT2D eigenvalue weighted by molar-refractivity contribution is 0.0588. The number of hydrogen-bond acceptors (Lipinski definition) is 7. The second-order valence-electron chi connectivity index (χ2n) is 6.83. The molecule has 2 aromatic rings. The van der Waals surface area contributed by atoms with Crippen molar-refractivity contribution < 1.29 is 9.53 Å². The van der Waals surface area contributed by atoms with Crippen LogP contribution in [0.4, 0.5) is 22.4 Å². The lowest BCUT2D eigenvalue weighted by atomic mass is 10.2. The number of nitrogen functional groups attached to an aromatic ring is 1. The van der Waals surface area contributed by atoms with Crippen LogP contribution >= 0.6 is 0 Å². The Labute approximate surface area is 141 Å². The normalized spacial score (nSPS) is 11.6. The maximum atomic E-state index is 12.3. The Hall–Kier alpha value is -2.64. The van der Waals surface area contributed by atoms with Gasteiger partial charge in [-0.15, -0.1) is 0 Å². The predicted molar refractivity (Wildman–Crippen MR) is 95.1 cm³/mol. The number of aromatic nitrogens is 3. The monoisotopic (exact) mass is 332 g/mol. The Bertz CT molecular complexity index is 754. The van der Waals surface area contributed by atoms with Crippen LogP contribution < -0.4 is 16.0 Å². The lowest BCUT2D eigenvalue weighted by Gasteiger charge is -2.24. The van der Waals surface area contributed by atoms with Crippen molar-refractivity contribution >= 4 is 34.6 Å². The van der Waals surface area contributed by atoms with Gasteiger partial charge in [0, 0.05) is 24.7 Å². The van der Waals surface area contributed by atoms with Crippen LogP contribution in [0.15, 0.2) is 12.3 Å². The van der Waals surface area contributed by atoms with Crippen LogP contribution in [0.1, 0.15) is 34.6 Å². The number of fused-ring (bicyclic) bond motifs is 1. The molecule has 3 N–H and O–H groups in total. The van der Waals surface area contributed by atoms with E-state index >= 15 is 0 Å². The van der Waals surface area contributed by atoms with Crippen LogP contribution in [0.5, 0.6) is 0 Å². The quantitative estimate of drug-likeness (QED) is 0.890. The second kappa shape index (κ2) is 6.46. The van der Waals surface area contributed by atoms with Gasteiger partial charge in [-0.1, -0.05) is 0 Å². The van der Waals surface area contributed by atoms with E-state index in [9.17, 15) is 4.79 Å². The standard InChI is InChI=1S/C16H24N6O2/c1-9(2)19-13-12-10(8-18-14(17)21-12)7-11(20-13)22(6)15(23)24-16(3,4)5/h7-9H,1-6H3,(H,19,20)(H2,17,18,21). The van der Waals surface area contributed by atoms with Crippen molar-refractivity contribution in [3.8, 4) is 0 Å². The average Bonchev–Trinajstić information content (AvgIpc) is 2.44. The zero-order valence-corrected chi connectivity index (χ0v) is 14.9. The van der Waals surface area contributed by atoms with E-state index in [1.54, 1.807) is 19.3 Å². The van der Waals surface area contributed by atoms with Crippen molar-refractivity contribution in [1.29, 1.82) is 0 Å². The van der Waals surface area contributed by atoms with Crippen molar-refractivity contribution in [2.24, 2.45) is 0 Å². The first-order valence-electron chi connectivity index (χ1n) is 7.73. The molecule has 0 atom stereocenters. The number of nitrogens with zero attached hydrogens (tertiary/aromatic N) is 4. The van der Waals surface area contributed by atoms with E-state index in [1.165, 1.54) is 4.90 Å². The molecule has 8 heteroatoms. The summed E-state index contributed by atoms with van der Waals surface area (Å²) in [5.41, 5.74) is 5.70. The van der Waals surface area contributed by atoms with E-state index in [0.29, 0.717) is 17.2 Å². The minimum absolute atomic E-state index is 0.138. The molecule has 0 saturated carbocycles. The molecule has 8 nitrogen and oxygen atoms in total. The number of rotatable bonds is 3. The van der Waals surface area contributed by atoms with Crippen LogP contribution in [0.25, 0.3) is 10.9 Å². The molecule has 0 radical (unpaired) electrons. The molecule has 130 valence electrons. The molecule has 2 rings (SSSR count). The Kier molecular flexibility index (Phi) is 4.77. The molecule has 0 spiro atoms. The van der Waals surface area contributed by atoms with Gasteiger partial charge in [0.2, 0.25) is 5.95 Å². The first-order chi connectivity index (χ1) is 11.1. The minimum atomic E-state index is -0.585. The highest BCUT2D eigenvalue weighted by Gasteiger charge is 2.22. The van der Waals surface area contributed by atoms with E-state index in [4.69, 9.17) is 10.5 Å². The summed E-state index contributed by atoms with van der Waals surface area (Å²) in [5.74, 6) is 1.15. The van der Waals surface area contributed by atoms with Gasteiger partial charge in [0.05, 0.1) is 0 Å². The fourth-order valence-corrected chi connectivity index (χ4v) is 2.01. The molecule has 0 saturated heterocycles. The van der Waals surface area contributed by atoms with E-state index < -0.39 is 11.7 Å². The van der Waals surface area contributed by atoms with Crippen LogP contribution in [-0.2, 0) is 4.74 Å². The maximum absolute atomic E-state index is 12.3. The average molecular weight is 332 g/mol. The fourth-order valence-electron chi connectivity index (χ4n) is 2.01. The number of nitrogens with two attached hydrogens (primary N) is 1. The zero-order valence-electron chi connectivity index (χ0n) is 14.9. The van der Waals surface area contributed by atoms with Crippen molar-refractivity contribution in [2.75, 3.05) is 23.0 Å². The first kappa shape index (κ1) is 17.7. The molecule has 2 heterocycles. The molecule has 2 aromatic heterocycles. The number of hydrogen-bond donors (Lipinski definition) is 2. The van der Waals surface area contributed by atoms with Crippen molar-refractivity contribution in [1.82, 2.24) is 15.0 Å². The molecule has 0 aliphatic heterocycles. The van der Waals surface area contributed by atoms with Gasteiger partial charge in [0.15, 0.2) is 5.82 Å². The lowest BCUT2D eigenvalue weighted by Crippen LogP contribution is -2.34. The third kappa shape index (κ3) is 4.21. The van der Waals surface area contributed by atoms with Gasteiger partial charge in [0.25, 0.3) is 0 Å². The number of pyridine rings is 1. The topological polar surface area (TPSA) is 106 Å². The van der Waals surface area contributed by atoms with Gasteiger partial charge < -0.3 is 15.8 Å². The molecule has 0 aliphatic rings. The highest BCUT2D eigenvalue weighted by atomic mass is 16.6. The Morgan fingerprint density at radius 2 is 2.00 bits per heavy atom. The highest BCUT2D eigenvalue weighted by Crippen LogP contribution is 2.26. The molecule has 0 unspecified atom stereocenters. The van der Waals surface area contributed by atoms with Crippen LogP contribution in [-0.4, -0.2) is 39.7 Å². The minimum Gasteiger partial charge on any atom is -0.443 e. The van der Waals surface area contributed by atoms with Crippen molar-refractivity contribution in [3.05, 3.63) is 12.3 Å². The summed E-state index contributed by atoms with van der Waals surface area (Å²) in [5, 5.41) is 3.95. The molecule has 0 aliphatic carbocycles. The van der Waals surface area contributed by atoms with E-state index in [-0.39, 0.29) is 12.0 Å². The van der Waals surface area contributed by atoms with Crippen molar-refractivity contribution in [2.45, 2.75) is 46.3 Å². The summed E-state index contributed by atoms with van der Waals surface area (Å²) in [7, 11) is 1.61. The molecular weight excluding hydrogens is 308 g/mol. The number of carbonyl (C=O) groups is 1. The van der Waals surface area contributed by atoms with Gasteiger partial charge in [-0.05, 0) is 40.7 Å². The second-order valence-corrected chi connectivity index (χ2v) is 6.83. The summed E-state index contributed by atoms with van der Waals surface area (Å²) >= 11 is 0. The molecule has 0 fully saturated rings. The number of ether oxygens (including phenoxy) is 1. The first-order valence-corrected chi connectivity index (χ1v) is 7.73. The van der Waals surface area contributed by atoms with Gasteiger partial charge in [-0.25, -0.2) is 19.7 Å². The number of nitrogens with one attached hydrogen (secondary N) is 1. The molecular formula is C16H24N6O2. The van der Waals surface area contributed by atoms with Gasteiger partial charge in [-0.2, -0.15) is 0 Å². The predicted octanol–water partition coefficient (Wildman–Crippen LogP) is 2.80. The largest absolute Gasteiger partial charge is 0.443 e. The van der Waals surface area contributed by atoms with E-state index in [1.807, 2.05) is 34.6 Å². The summed E-state index contributed by atoms with van der Waals surface area (Å²) in [4.78, 5) is 26.4. The molecule has 0 bridgehead atoms. The number of amides is 1. The Morgan fingerprint density at radius 1 is 1.33 bits per heavy atom. The van der Waals surface area contributed by atoms with Crippen LogP contribution in [0.3, 0.4) is 0 Å². The van der Waals surface area contributed by atoms with Crippen LogP contribution in [0.2, 0.25) is 0 Å². The SMILES string of the molecule is CC(C)Nc1nc(N(C)C(=O)OC(C)(C)C)cc2cnc(N)nc12. The maximum Gasteiger partial charge on any atom is 0.415 e. The number of anilines is 3. The van der Waals surface area contributed by atoms with Crippen LogP contribution in [0, 0.1) is 0 Å². The molecule has 1 amide bonds. The van der Waals surface area contributed by atoms with Gasteiger partial charge >= 0.3 is 6.09 Å². The molecule has 0 aromatic carbocycles. The summed E-state index contributed by atoms with van der Waals surface area (Å²) in [6.07, 6.45) is 1.12. The molecule has 24 heavy (non-hydrogen) atoms. The summed E-state index contributed by atoms with van der Waals surface area (Å²) < 4.78 is 5.38. The van der Waals surface area contributed by atoms with Gasteiger partial charge in [0.1, 0.15) is 16.9 Å². The third-order valence-corrected chi connectivity index (χ3v) is 3.01. The Morgan fingerprint density at radius 3 is 2.58 bits per heavy atom. The zero-order chi connectivity index (χ0) is 18.1. The fraction of sp³-hybridized carbons (Fsp3) is 0.500. The Balaban J connectivity index is 2.47. The van der Waals surface area contributed by atoms with Crippen molar-refractivity contribution in [3.63, 3.8) is 0 Å². The smallest absolute Gasteiger partial charge is 0.415 e. The number of carbonyl (C=O) groups excluding carboxylic acids is 1.